The molecule has 1 aromatic carbocycles. The van der Waals surface area contributed by atoms with Crippen LogP contribution in [0.3, 0.4) is 0 Å². The van der Waals surface area contributed by atoms with Crippen LogP contribution >= 0.6 is 11.3 Å². The van der Waals surface area contributed by atoms with Crippen LogP contribution in [0.4, 0.5) is 0 Å². The first-order valence-electron chi connectivity index (χ1n) is 7.84. The minimum atomic E-state index is -3.70. The first-order chi connectivity index (χ1) is 12.1. The molecule has 0 aliphatic heterocycles. The van der Waals surface area contributed by atoms with E-state index in [0.717, 1.165) is 10.6 Å². The molecule has 8 nitrogen and oxygen atoms in total. The SMILES string of the molecule is Cc1cc(=O)n2nc(CN(C)[C@@H](C)c3ccc(S(N)(=O)=O)cc3)sc2n1. The predicted molar refractivity (Wildman–Crippen MR) is 99.6 cm³/mol. The number of rotatable bonds is 5. The van der Waals surface area contributed by atoms with Crippen molar-refractivity contribution in [3.63, 3.8) is 0 Å². The second-order valence-corrected chi connectivity index (χ2v) is 8.73. The molecular formula is C16H19N5O3S2. The van der Waals surface area contributed by atoms with E-state index in [1.807, 2.05) is 14.0 Å². The summed E-state index contributed by atoms with van der Waals surface area (Å²) in [5.41, 5.74) is 1.43. The van der Waals surface area contributed by atoms with Crippen LogP contribution in [-0.2, 0) is 16.6 Å². The molecule has 2 aromatic heterocycles. The lowest BCUT2D eigenvalue weighted by atomic mass is 10.1. The molecule has 0 unspecified atom stereocenters. The lowest BCUT2D eigenvalue weighted by molar-refractivity contribution is 0.252. The zero-order chi connectivity index (χ0) is 19.1. The lowest BCUT2D eigenvalue weighted by Crippen LogP contribution is -2.22. The number of benzene rings is 1. The summed E-state index contributed by atoms with van der Waals surface area (Å²) in [4.78, 5) is 19.0. The van der Waals surface area contributed by atoms with E-state index in [2.05, 4.69) is 15.0 Å². The van der Waals surface area contributed by atoms with Gasteiger partial charge in [-0.2, -0.15) is 9.61 Å². The Bertz CT molecular complexity index is 1100. The number of aromatic nitrogens is 3. The van der Waals surface area contributed by atoms with Gasteiger partial charge in [-0.25, -0.2) is 18.5 Å². The summed E-state index contributed by atoms with van der Waals surface area (Å²) in [6.45, 7) is 4.32. The van der Waals surface area contributed by atoms with E-state index in [4.69, 9.17) is 5.14 Å². The van der Waals surface area contributed by atoms with Crippen molar-refractivity contribution in [1.82, 2.24) is 19.5 Å². The quantitative estimate of drug-likeness (QED) is 0.699. The van der Waals surface area contributed by atoms with E-state index in [0.29, 0.717) is 17.2 Å². The molecule has 0 fully saturated rings. The fourth-order valence-electron chi connectivity index (χ4n) is 2.56. The van der Waals surface area contributed by atoms with Crippen LogP contribution in [0.1, 0.15) is 29.2 Å². The number of hydrogen-bond acceptors (Lipinski definition) is 7. The zero-order valence-corrected chi connectivity index (χ0v) is 16.2. The predicted octanol–water partition coefficient (Wildman–Crippen LogP) is 1.30. The number of aryl methyl sites for hydroxylation is 1. The smallest absolute Gasteiger partial charge is 0.275 e. The standard InChI is InChI=1S/C16H19N5O3S2/c1-10-8-15(22)21-16(18-10)25-14(19-21)9-20(3)11(2)12-4-6-13(7-5-12)26(17,23)24/h4-8,11H,9H2,1-3H3,(H2,17,23,24)/t11-/m0/s1. The van der Waals surface area contributed by atoms with Gasteiger partial charge in [0.1, 0.15) is 5.01 Å². The summed E-state index contributed by atoms with van der Waals surface area (Å²) in [7, 11) is -1.76. The third kappa shape index (κ3) is 3.83. The van der Waals surface area contributed by atoms with Gasteiger partial charge in [0.25, 0.3) is 5.56 Å². The maximum atomic E-state index is 12.0. The number of hydrogen-bond donors (Lipinski definition) is 1. The summed E-state index contributed by atoms with van der Waals surface area (Å²) >= 11 is 1.38. The summed E-state index contributed by atoms with van der Waals surface area (Å²) in [6.07, 6.45) is 0. The van der Waals surface area contributed by atoms with Crippen LogP contribution in [0.2, 0.25) is 0 Å². The molecule has 0 saturated heterocycles. The van der Waals surface area contributed by atoms with Crippen molar-refractivity contribution in [3.05, 3.63) is 57.0 Å². The number of sulfonamides is 1. The van der Waals surface area contributed by atoms with E-state index in [1.54, 1.807) is 19.1 Å². The summed E-state index contributed by atoms with van der Waals surface area (Å²) in [5.74, 6) is 0. The minimum Gasteiger partial charge on any atom is -0.293 e. The molecule has 0 amide bonds. The number of fused-ring (bicyclic) bond motifs is 1. The Kier molecular flexibility index (Phi) is 4.93. The zero-order valence-electron chi connectivity index (χ0n) is 14.6. The van der Waals surface area contributed by atoms with E-state index < -0.39 is 10.0 Å². The van der Waals surface area contributed by atoms with Crippen LogP contribution in [0.5, 0.6) is 0 Å². The molecule has 26 heavy (non-hydrogen) atoms. The molecule has 0 radical (unpaired) electrons. The van der Waals surface area contributed by atoms with E-state index in [9.17, 15) is 13.2 Å². The number of nitrogens with zero attached hydrogens (tertiary/aromatic N) is 4. The highest BCUT2D eigenvalue weighted by Crippen LogP contribution is 2.23. The average Bonchev–Trinajstić information content (AvgIpc) is 2.96. The van der Waals surface area contributed by atoms with Crippen LogP contribution in [0.25, 0.3) is 4.96 Å². The van der Waals surface area contributed by atoms with Gasteiger partial charge in [0, 0.05) is 17.8 Å². The van der Waals surface area contributed by atoms with Crippen LogP contribution in [-0.4, -0.2) is 35.0 Å². The molecular weight excluding hydrogens is 374 g/mol. The molecule has 0 spiro atoms. The van der Waals surface area contributed by atoms with Gasteiger partial charge in [0.2, 0.25) is 15.0 Å². The Morgan fingerprint density at radius 3 is 2.58 bits per heavy atom. The molecule has 0 bridgehead atoms. The Morgan fingerprint density at radius 2 is 1.96 bits per heavy atom. The van der Waals surface area contributed by atoms with E-state index >= 15 is 0 Å². The maximum absolute atomic E-state index is 12.0. The van der Waals surface area contributed by atoms with Crippen LogP contribution in [0, 0.1) is 6.92 Å². The summed E-state index contributed by atoms with van der Waals surface area (Å²) in [6, 6.07) is 7.96. The average molecular weight is 393 g/mol. The van der Waals surface area contributed by atoms with Gasteiger partial charge in [-0.05, 0) is 38.6 Å². The van der Waals surface area contributed by atoms with Gasteiger partial charge in [0.05, 0.1) is 11.4 Å². The first kappa shape index (κ1) is 18.6. The Morgan fingerprint density at radius 1 is 1.31 bits per heavy atom. The molecule has 3 rings (SSSR count). The van der Waals surface area contributed by atoms with Crippen LogP contribution in [0.15, 0.2) is 40.0 Å². The number of primary sulfonamides is 1. The highest BCUT2D eigenvalue weighted by atomic mass is 32.2. The first-order valence-corrected chi connectivity index (χ1v) is 10.2. The van der Waals surface area contributed by atoms with E-state index in [1.165, 1.54) is 34.1 Å². The van der Waals surface area contributed by atoms with Gasteiger partial charge in [-0.1, -0.05) is 23.5 Å². The molecule has 0 aliphatic rings. The van der Waals surface area contributed by atoms with E-state index in [-0.39, 0.29) is 16.5 Å². The lowest BCUT2D eigenvalue weighted by Gasteiger charge is -2.24. The topological polar surface area (TPSA) is 111 Å². The minimum absolute atomic E-state index is 0.0166. The summed E-state index contributed by atoms with van der Waals surface area (Å²) < 4.78 is 24.0. The van der Waals surface area contributed by atoms with Crippen molar-refractivity contribution in [3.8, 4) is 0 Å². The van der Waals surface area contributed by atoms with Crippen molar-refractivity contribution in [1.29, 1.82) is 0 Å². The van der Waals surface area contributed by atoms with Gasteiger partial charge in [0.15, 0.2) is 0 Å². The Hall–Kier alpha value is -2.14. The normalized spacial score (nSPS) is 13.4. The molecule has 3 aromatic rings. The maximum Gasteiger partial charge on any atom is 0.275 e. The highest BCUT2D eigenvalue weighted by Gasteiger charge is 2.16. The van der Waals surface area contributed by atoms with Gasteiger partial charge >= 0.3 is 0 Å². The Labute approximate surface area is 155 Å². The van der Waals surface area contributed by atoms with Gasteiger partial charge in [-0.3, -0.25) is 9.69 Å². The molecule has 0 saturated carbocycles. The van der Waals surface area contributed by atoms with Crippen LogP contribution < -0.4 is 10.7 Å². The van der Waals surface area contributed by atoms with Gasteiger partial charge in [-0.15, -0.1) is 0 Å². The summed E-state index contributed by atoms with van der Waals surface area (Å²) in [5, 5.41) is 10.2. The second kappa shape index (κ2) is 6.88. The fourth-order valence-corrected chi connectivity index (χ4v) is 4.09. The molecule has 138 valence electrons. The van der Waals surface area contributed by atoms with Crippen molar-refractivity contribution in [2.45, 2.75) is 31.3 Å². The van der Waals surface area contributed by atoms with Gasteiger partial charge < -0.3 is 0 Å². The largest absolute Gasteiger partial charge is 0.293 e. The monoisotopic (exact) mass is 393 g/mol. The fraction of sp³-hybridized carbons (Fsp3) is 0.312. The third-order valence-electron chi connectivity index (χ3n) is 4.15. The molecule has 10 heteroatoms. The third-order valence-corrected chi connectivity index (χ3v) is 5.97. The number of nitrogens with two attached hydrogens (primary N) is 1. The van der Waals surface area contributed by atoms with Crippen molar-refractivity contribution in [2.75, 3.05) is 7.05 Å². The highest BCUT2D eigenvalue weighted by molar-refractivity contribution is 7.89. The molecule has 0 aliphatic carbocycles. The second-order valence-electron chi connectivity index (χ2n) is 6.13. The molecule has 2 N–H and O–H groups in total. The molecule has 2 heterocycles. The van der Waals surface area contributed by atoms with Crippen molar-refractivity contribution in [2.24, 2.45) is 5.14 Å². The molecule has 1 atom stereocenters. The van der Waals surface area contributed by atoms with Crippen molar-refractivity contribution < 1.29 is 8.42 Å². The Balaban J connectivity index is 1.80. The van der Waals surface area contributed by atoms with Crippen molar-refractivity contribution >= 4 is 26.3 Å².